The zero-order valence-corrected chi connectivity index (χ0v) is 23.0. The molecule has 4 amide bonds. The Bertz CT molecular complexity index is 1800. The molecule has 2 aliphatic rings. The predicted molar refractivity (Wildman–Crippen MR) is 156 cm³/mol. The number of ether oxygens (including phenoxy) is 1. The molecule has 6 rings (SSSR count). The Balaban J connectivity index is 1.01. The molecule has 0 aliphatic carbocycles. The van der Waals surface area contributed by atoms with Gasteiger partial charge in [-0.05, 0) is 22.9 Å². The van der Waals surface area contributed by atoms with Gasteiger partial charge >= 0.3 is 0 Å². The molecule has 4 aromatic carbocycles. The molecule has 0 saturated carbocycles. The molecule has 44 heavy (non-hydrogen) atoms. The van der Waals surface area contributed by atoms with Gasteiger partial charge < -0.3 is 10.1 Å². The third kappa shape index (κ3) is 4.81. The number of nitrogens with zero attached hydrogens (tertiary/aromatic N) is 4. The number of hydrogen-bond donors (Lipinski definition) is 1. The quantitative estimate of drug-likeness (QED) is 0.117. The van der Waals surface area contributed by atoms with E-state index in [-0.39, 0.29) is 60.9 Å². The van der Waals surface area contributed by atoms with Crippen LogP contribution >= 0.6 is 0 Å². The second-order valence-corrected chi connectivity index (χ2v) is 10.2. The van der Waals surface area contributed by atoms with Crippen LogP contribution in [0.3, 0.4) is 0 Å². The lowest BCUT2D eigenvalue weighted by atomic mass is 9.93. The molecule has 0 fully saturated rings. The molecule has 0 radical (unpaired) electrons. The number of nitro groups is 2. The number of nitrogens with one attached hydrogen (secondary N) is 1. The summed E-state index contributed by atoms with van der Waals surface area (Å²) in [5.41, 5.74) is 0.280. The van der Waals surface area contributed by atoms with E-state index in [0.29, 0.717) is 33.7 Å². The van der Waals surface area contributed by atoms with E-state index in [2.05, 4.69) is 5.32 Å². The van der Waals surface area contributed by atoms with Crippen LogP contribution in [0.5, 0.6) is 0 Å². The molecule has 2 heterocycles. The second-order valence-electron chi connectivity index (χ2n) is 10.2. The van der Waals surface area contributed by atoms with Crippen molar-refractivity contribution in [2.75, 3.05) is 39.4 Å². The Morgan fingerprint density at radius 2 is 1.09 bits per heavy atom. The minimum Gasteiger partial charge on any atom is -0.378 e. The van der Waals surface area contributed by atoms with E-state index in [1.165, 1.54) is 24.3 Å². The summed E-state index contributed by atoms with van der Waals surface area (Å²) in [4.78, 5) is 75.9. The van der Waals surface area contributed by atoms with Gasteiger partial charge in [-0.3, -0.25) is 49.2 Å². The molecule has 0 unspecified atom stereocenters. The summed E-state index contributed by atoms with van der Waals surface area (Å²) < 4.78 is 5.58. The van der Waals surface area contributed by atoms with Crippen molar-refractivity contribution >= 4 is 56.5 Å². The lowest BCUT2D eigenvalue weighted by Gasteiger charge is -2.27. The van der Waals surface area contributed by atoms with E-state index in [1.54, 1.807) is 36.4 Å². The largest absolute Gasteiger partial charge is 0.378 e. The van der Waals surface area contributed by atoms with E-state index in [0.717, 1.165) is 9.80 Å². The number of carbonyl (C=O) groups is 4. The van der Waals surface area contributed by atoms with Crippen molar-refractivity contribution in [1.29, 1.82) is 0 Å². The van der Waals surface area contributed by atoms with Crippen LogP contribution in [0.1, 0.15) is 41.4 Å². The van der Waals surface area contributed by atoms with Crippen LogP contribution < -0.4 is 5.32 Å². The molecular formula is C30H23N5O9. The third-order valence-corrected chi connectivity index (χ3v) is 7.64. The maximum atomic E-state index is 13.1. The van der Waals surface area contributed by atoms with Crippen molar-refractivity contribution in [2.45, 2.75) is 0 Å². The fourth-order valence-corrected chi connectivity index (χ4v) is 5.62. The molecule has 0 spiro atoms. The molecule has 4 aromatic rings. The molecule has 14 nitrogen and oxygen atoms in total. The van der Waals surface area contributed by atoms with Gasteiger partial charge in [-0.15, -0.1) is 0 Å². The zero-order valence-electron chi connectivity index (χ0n) is 23.0. The second kappa shape index (κ2) is 11.2. The topological polar surface area (TPSA) is 182 Å². The number of nitro benzene ring substituents is 2. The van der Waals surface area contributed by atoms with Gasteiger partial charge in [-0.2, -0.15) is 0 Å². The van der Waals surface area contributed by atoms with E-state index < -0.39 is 33.5 Å². The van der Waals surface area contributed by atoms with Crippen molar-refractivity contribution in [3.05, 3.63) is 103 Å². The highest BCUT2D eigenvalue weighted by Gasteiger charge is 2.35. The molecule has 2 aliphatic heterocycles. The standard InChI is InChI=1S/C30H23N5O9/c36-27-21-5-1-3-17-13-19(34(40)41)15-23(25(17)21)29(38)32(27)9-7-31-8-11-44-12-10-33-28(37)22-6-2-4-18-14-20(35(42)43)16-24(26(18)22)30(33)39/h1-6,13-16,31H,7-12H2. The van der Waals surface area contributed by atoms with Crippen LogP contribution in [0, 0.1) is 20.2 Å². The molecule has 14 heteroatoms. The lowest BCUT2D eigenvalue weighted by molar-refractivity contribution is -0.384. The van der Waals surface area contributed by atoms with E-state index in [1.807, 2.05) is 0 Å². The first-order chi connectivity index (χ1) is 21.2. The Morgan fingerprint density at radius 3 is 1.59 bits per heavy atom. The van der Waals surface area contributed by atoms with Gasteiger partial charge in [0.15, 0.2) is 0 Å². The van der Waals surface area contributed by atoms with E-state index >= 15 is 0 Å². The first-order valence-electron chi connectivity index (χ1n) is 13.6. The normalized spacial score (nSPS) is 14.2. The van der Waals surface area contributed by atoms with E-state index in [9.17, 15) is 39.4 Å². The third-order valence-electron chi connectivity index (χ3n) is 7.64. The van der Waals surface area contributed by atoms with Gasteiger partial charge in [0.05, 0.1) is 40.7 Å². The maximum Gasteiger partial charge on any atom is 0.270 e. The van der Waals surface area contributed by atoms with Crippen LogP contribution in [-0.4, -0.2) is 82.7 Å². The fraction of sp³-hybridized carbons (Fsp3) is 0.200. The monoisotopic (exact) mass is 597 g/mol. The summed E-state index contributed by atoms with van der Waals surface area (Å²) in [7, 11) is 0. The van der Waals surface area contributed by atoms with Gasteiger partial charge in [-0.1, -0.05) is 24.3 Å². The molecule has 0 saturated heterocycles. The summed E-state index contributed by atoms with van der Waals surface area (Å²) in [6, 6.07) is 14.6. The van der Waals surface area contributed by atoms with Gasteiger partial charge in [0.2, 0.25) is 0 Å². The molecule has 1 N–H and O–H groups in total. The van der Waals surface area contributed by atoms with Crippen molar-refractivity contribution < 1.29 is 33.8 Å². The van der Waals surface area contributed by atoms with Crippen molar-refractivity contribution in [1.82, 2.24) is 15.1 Å². The number of rotatable bonds is 11. The average Bonchev–Trinajstić information content (AvgIpc) is 3.01. The number of hydrogen-bond acceptors (Lipinski definition) is 10. The number of non-ortho nitro benzene ring substituents is 2. The highest BCUT2D eigenvalue weighted by molar-refractivity contribution is 6.26. The lowest BCUT2D eigenvalue weighted by Crippen LogP contribution is -2.44. The highest BCUT2D eigenvalue weighted by Crippen LogP contribution is 2.34. The van der Waals surface area contributed by atoms with Gasteiger partial charge in [-0.25, -0.2) is 0 Å². The number of carbonyl (C=O) groups excluding carboxylic acids is 4. The molecule has 0 bridgehead atoms. The summed E-state index contributed by atoms with van der Waals surface area (Å²) in [5, 5.41) is 27.5. The molecule has 222 valence electrons. The van der Waals surface area contributed by atoms with Gasteiger partial charge in [0.25, 0.3) is 35.0 Å². The Kier molecular flexibility index (Phi) is 7.28. The van der Waals surface area contributed by atoms with Crippen LogP contribution in [0.4, 0.5) is 11.4 Å². The SMILES string of the molecule is O=C1c2cccc3cc([N+](=O)[O-])cc(c23)C(=O)N1CCNCCOCCN1C(=O)c2cccc3cc([N+](=O)[O-])cc(c23)C1=O. The Hall–Kier alpha value is -5.60. The molecule has 0 atom stereocenters. The summed E-state index contributed by atoms with van der Waals surface area (Å²) in [6.45, 7) is 0.702. The summed E-state index contributed by atoms with van der Waals surface area (Å²) in [5.74, 6) is -2.25. The first kappa shape index (κ1) is 28.5. The van der Waals surface area contributed by atoms with Crippen LogP contribution in [0.25, 0.3) is 21.5 Å². The number of amides is 4. The average molecular weight is 598 g/mol. The fourth-order valence-electron chi connectivity index (χ4n) is 5.62. The molecular weight excluding hydrogens is 574 g/mol. The minimum absolute atomic E-state index is 0.0159. The highest BCUT2D eigenvalue weighted by atomic mass is 16.6. The van der Waals surface area contributed by atoms with Crippen LogP contribution in [-0.2, 0) is 4.74 Å². The predicted octanol–water partition coefficient (Wildman–Crippen LogP) is 3.31. The Morgan fingerprint density at radius 1 is 0.614 bits per heavy atom. The first-order valence-corrected chi connectivity index (χ1v) is 13.6. The van der Waals surface area contributed by atoms with Crippen molar-refractivity contribution in [3.63, 3.8) is 0 Å². The van der Waals surface area contributed by atoms with Crippen LogP contribution in [0.2, 0.25) is 0 Å². The van der Waals surface area contributed by atoms with Crippen LogP contribution in [0.15, 0.2) is 60.7 Å². The number of benzene rings is 4. The van der Waals surface area contributed by atoms with Crippen molar-refractivity contribution in [2.24, 2.45) is 0 Å². The smallest absolute Gasteiger partial charge is 0.270 e. The number of imide groups is 2. The summed E-state index contributed by atoms with van der Waals surface area (Å²) in [6.07, 6.45) is 0. The Labute approximate surface area is 248 Å². The van der Waals surface area contributed by atoms with Crippen molar-refractivity contribution in [3.8, 4) is 0 Å². The van der Waals surface area contributed by atoms with Gasteiger partial charge in [0.1, 0.15) is 0 Å². The minimum atomic E-state index is -0.636. The summed E-state index contributed by atoms with van der Waals surface area (Å²) >= 11 is 0. The van der Waals surface area contributed by atoms with Gasteiger partial charge in [0, 0.05) is 65.8 Å². The maximum absolute atomic E-state index is 13.1. The van der Waals surface area contributed by atoms with E-state index in [4.69, 9.17) is 4.74 Å². The zero-order chi connectivity index (χ0) is 31.1. The molecule has 0 aromatic heterocycles.